The molecule has 38 heavy (non-hydrogen) atoms. The summed E-state index contributed by atoms with van der Waals surface area (Å²) in [6, 6.07) is 14.7. The average molecular weight is 550 g/mol. The fourth-order valence-electron chi connectivity index (χ4n) is 6.45. The van der Waals surface area contributed by atoms with E-state index >= 15 is 0 Å². The predicted molar refractivity (Wildman–Crippen MR) is 148 cm³/mol. The van der Waals surface area contributed by atoms with Gasteiger partial charge in [-0.3, -0.25) is 14.4 Å². The number of likely N-dealkylation sites (tertiary alicyclic amines) is 1. The summed E-state index contributed by atoms with van der Waals surface area (Å²) >= 11 is 8.05. The normalized spacial score (nSPS) is 31.1. The van der Waals surface area contributed by atoms with Crippen LogP contribution in [0.1, 0.15) is 11.6 Å². The standard InChI is InChI=1S/C29H28ClN3O4S/c1-31-15-7-13-22-23(26(31)35)24-27(36)33(21(17-34)18-9-3-2-4-10-18)25-28(37)32(16-8-14-29(24,25)38-22)20-12-6-5-11-19(20)30/h2-14,21-25,34H,15-17H2,1H3/t21-,22+,23-,24+,25?,29+/m1/s1. The van der Waals surface area contributed by atoms with Crippen LogP contribution in [0.15, 0.2) is 78.9 Å². The fraction of sp³-hybridized carbons (Fsp3) is 0.345. The minimum Gasteiger partial charge on any atom is -0.394 e. The third kappa shape index (κ3) is 3.65. The van der Waals surface area contributed by atoms with Gasteiger partial charge in [0.15, 0.2) is 0 Å². The Morgan fingerprint density at radius 2 is 1.74 bits per heavy atom. The van der Waals surface area contributed by atoms with E-state index in [1.807, 2.05) is 60.7 Å². The van der Waals surface area contributed by atoms with Gasteiger partial charge in [-0.25, -0.2) is 0 Å². The number of hydrogen-bond donors (Lipinski definition) is 1. The van der Waals surface area contributed by atoms with Gasteiger partial charge in [0.25, 0.3) is 5.91 Å². The lowest BCUT2D eigenvalue weighted by atomic mass is 9.78. The zero-order chi connectivity index (χ0) is 26.6. The van der Waals surface area contributed by atoms with Crippen LogP contribution in [0.5, 0.6) is 0 Å². The van der Waals surface area contributed by atoms with Crippen LogP contribution in [-0.4, -0.2) is 75.4 Å². The van der Waals surface area contributed by atoms with Crippen LogP contribution in [0.25, 0.3) is 0 Å². The molecule has 0 aliphatic carbocycles. The van der Waals surface area contributed by atoms with Crippen molar-refractivity contribution in [1.82, 2.24) is 9.80 Å². The van der Waals surface area contributed by atoms with E-state index in [1.54, 1.807) is 39.9 Å². The lowest BCUT2D eigenvalue weighted by Gasteiger charge is -2.38. The Labute approximate surface area is 230 Å². The molecule has 0 saturated carbocycles. The molecule has 2 fully saturated rings. The monoisotopic (exact) mass is 549 g/mol. The molecule has 7 nitrogen and oxygen atoms in total. The quantitative estimate of drug-likeness (QED) is 0.592. The first-order valence-corrected chi connectivity index (χ1v) is 14.0. The van der Waals surface area contributed by atoms with Gasteiger partial charge >= 0.3 is 0 Å². The number of carbonyl (C=O) groups excluding carboxylic acids is 3. The van der Waals surface area contributed by atoms with Gasteiger partial charge in [0.1, 0.15) is 6.04 Å². The second-order valence-electron chi connectivity index (χ2n) is 10.1. The van der Waals surface area contributed by atoms with E-state index in [4.69, 9.17) is 11.6 Å². The molecule has 0 radical (unpaired) electrons. The number of halogens is 1. The van der Waals surface area contributed by atoms with Crippen LogP contribution in [0.4, 0.5) is 5.69 Å². The first-order chi connectivity index (χ1) is 18.4. The topological polar surface area (TPSA) is 81.2 Å². The zero-order valence-electron chi connectivity index (χ0n) is 20.8. The van der Waals surface area contributed by atoms with Gasteiger partial charge < -0.3 is 19.8 Å². The first kappa shape index (κ1) is 25.2. The summed E-state index contributed by atoms with van der Waals surface area (Å²) in [5.74, 6) is -2.01. The van der Waals surface area contributed by atoms with Gasteiger partial charge in [0.2, 0.25) is 11.8 Å². The molecule has 2 saturated heterocycles. The van der Waals surface area contributed by atoms with Crippen molar-refractivity contribution in [3.63, 3.8) is 0 Å². The molecule has 1 unspecified atom stereocenters. The lowest BCUT2D eigenvalue weighted by Crippen LogP contribution is -2.54. The van der Waals surface area contributed by atoms with Crippen LogP contribution in [-0.2, 0) is 14.4 Å². The van der Waals surface area contributed by atoms with Crippen LogP contribution >= 0.6 is 23.4 Å². The van der Waals surface area contributed by atoms with Crippen molar-refractivity contribution in [3.8, 4) is 0 Å². The molecule has 0 bridgehead atoms. The molecule has 6 atom stereocenters. The number of aliphatic hydroxyl groups excluding tert-OH is 1. The van der Waals surface area contributed by atoms with E-state index in [2.05, 4.69) is 0 Å². The number of carbonyl (C=O) groups is 3. The summed E-state index contributed by atoms with van der Waals surface area (Å²) < 4.78 is -0.972. The molecule has 2 aromatic rings. The summed E-state index contributed by atoms with van der Waals surface area (Å²) in [5.41, 5.74) is 1.29. The molecule has 6 rings (SSSR count). The molecular formula is C29H28ClN3O4S. The van der Waals surface area contributed by atoms with Crippen molar-refractivity contribution in [2.24, 2.45) is 11.8 Å². The molecule has 196 valence electrons. The number of nitrogens with zero attached hydrogens (tertiary/aromatic N) is 3. The van der Waals surface area contributed by atoms with Crippen LogP contribution in [0, 0.1) is 11.8 Å². The Morgan fingerprint density at radius 1 is 1.00 bits per heavy atom. The molecule has 3 amide bonds. The SMILES string of the molecule is CN1CC=C[C@@H]2S[C@]34C=CCN(c5ccccc5Cl)C(=O)C3N([C@H](CO)c3ccccc3)C(=O)[C@@H]4[C@@H]2C1=O. The minimum atomic E-state index is -0.972. The molecule has 4 aliphatic heterocycles. The van der Waals surface area contributed by atoms with E-state index in [0.29, 0.717) is 17.3 Å². The molecule has 4 aliphatic rings. The molecular weight excluding hydrogens is 522 g/mol. The highest BCUT2D eigenvalue weighted by Gasteiger charge is 2.71. The van der Waals surface area contributed by atoms with E-state index < -0.39 is 28.7 Å². The number of rotatable bonds is 4. The van der Waals surface area contributed by atoms with Crippen molar-refractivity contribution >= 4 is 46.8 Å². The third-order valence-electron chi connectivity index (χ3n) is 8.13. The van der Waals surface area contributed by atoms with Crippen molar-refractivity contribution in [2.75, 3.05) is 31.6 Å². The second-order valence-corrected chi connectivity index (χ2v) is 12.0. The third-order valence-corrected chi connectivity index (χ3v) is 10.2. The predicted octanol–water partition coefficient (Wildman–Crippen LogP) is 3.30. The number of benzene rings is 2. The van der Waals surface area contributed by atoms with Crippen LogP contribution in [0.2, 0.25) is 5.02 Å². The summed E-state index contributed by atoms with van der Waals surface area (Å²) in [7, 11) is 1.74. The van der Waals surface area contributed by atoms with E-state index in [0.717, 1.165) is 5.56 Å². The average Bonchev–Trinajstić information content (AvgIpc) is 3.25. The molecule has 1 spiro atoms. The summed E-state index contributed by atoms with van der Waals surface area (Å²) in [5, 5.41) is 10.8. The highest BCUT2D eigenvalue weighted by Crippen LogP contribution is 2.62. The highest BCUT2D eigenvalue weighted by atomic mass is 35.5. The second kappa shape index (κ2) is 9.59. The number of para-hydroxylation sites is 1. The number of amides is 3. The molecule has 9 heteroatoms. The van der Waals surface area contributed by atoms with Crippen molar-refractivity contribution in [1.29, 1.82) is 0 Å². The van der Waals surface area contributed by atoms with Gasteiger partial charge in [0.05, 0.1) is 39.9 Å². The van der Waals surface area contributed by atoms with Crippen molar-refractivity contribution in [3.05, 3.63) is 89.5 Å². The Bertz CT molecular complexity index is 1350. The smallest absolute Gasteiger partial charge is 0.251 e. The molecule has 1 N–H and O–H groups in total. The Kier molecular flexibility index (Phi) is 6.37. The van der Waals surface area contributed by atoms with Gasteiger partial charge in [-0.2, -0.15) is 0 Å². The largest absolute Gasteiger partial charge is 0.394 e. The molecule has 0 aromatic heterocycles. The minimum absolute atomic E-state index is 0.100. The number of hydrogen-bond acceptors (Lipinski definition) is 5. The number of likely N-dealkylation sites (N-methyl/N-ethyl adjacent to an activating group) is 1. The van der Waals surface area contributed by atoms with Gasteiger partial charge in [-0.05, 0) is 17.7 Å². The molecule has 4 heterocycles. The first-order valence-electron chi connectivity index (χ1n) is 12.7. The maximum Gasteiger partial charge on any atom is 0.251 e. The summed E-state index contributed by atoms with van der Waals surface area (Å²) in [6.07, 6.45) is 7.85. The van der Waals surface area contributed by atoms with Crippen molar-refractivity contribution in [2.45, 2.75) is 22.1 Å². The number of anilines is 1. The number of thioether (sulfide) groups is 1. The van der Waals surface area contributed by atoms with Crippen LogP contribution in [0.3, 0.4) is 0 Å². The zero-order valence-corrected chi connectivity index (χ0v) is 22.4. The van der Waals surface area contributed by atoms with Crippen LogP contribution < -0.4 is 4.90 Å². The number of fused-ring (bicyclic) bond motifs is 2. The summed E-state index contributed by atoms with van der Waals surface area (Å²) in [4.78, 5) is 47.5. The lowest BCUT2D eigenvalue weighted by molar-refractivity contribution is -0.144. The highest BCUT2D eigenvalue weighted by molar-refractivity contribution is 8.02. The maximum absolute atomic E-state index is 14.6. The van der Waals surface area contributed by atoms with Gasteiger partial charge in [0, 0.05) is 25.4 Å². The summed E-state index contributed by atoms with van der Waals surface area (Å²) in [6.45, 7) is 0.403. The van der Waals surface area contributed by atoms with Gasteiger partial charge in [-0.1, -0.05) is 78.4 Å². The fourth-order valence-corrected chi connectivity index (χ4v) is 8.69. The Morgan fingerprint density at radius 3 is 2.47 bits per heavy atom. The molecule has 2 aromatic carbocycles. The van der Waals surface area contributed by atoms with E-state index in [-0.39, 0.29) is 36.1 Å². The van der Waals surface area contributed by atoms with Crippen molar-refractivity contribution < 1.29 is 19.5 Å². The van der Waals surface area contributed by atoms with E-state index in [1.165, 1.54) is 11.8 Å². The van der Waals surface area contributed by atoms with E-state index in [9.17, 15) is 19.5 Å². The Balaban J connectivity index is 1.53. The number of aliphatic hydroxyl groups is 1. The van der Waals surface area contributed by atoms with Gasteiger partial charge in [-0.15, -0.1) is 11.8 Å². The Hall–Kier alpha value is -3.07. The maximum atomic E-state index is 14.6.